The van der Waals surface area contributed by atoms with Crippen LogP contribution in [-0.2, 0) is 9.59 Å². The van der Waals surface area contributed by atoms with Gasteiger partial charge in [0.15, 0.2) is 17.6 Å². The summed E-state index contributed by atoms with van der Waals surface area (Å²) in [5.41, 5.74) is 1.02. The number of aliphatic carboxylic acids is 1. The van der Waals surface area contributed by atoms with Crippen molar-refractivity contribution in [3.05, 3.63) is 52.9 Å². The average molecular weight is 429 g/mol. The molecule has 0 saturated carbocycles. The molecule has 0 aromatic heterocycles. The highest BCUT2D eigenvalue weighted by Gasteiger charge is 2.36. The van der Waals surface area contributed by atoms with Crippen LogP contribution in [0.5, 0.6) is 17.2 Å². The summed E-state index contributed by atoms with van der Waals surface area (Å²) in [5.74, 6) is -0.450. The molecule has 1 aliphatic rings. The first-order valence-electron chi connectivity index (χ1n) is 8.83. The summed E-state index contributed by atoms with van der Waals surface area (Å²) in [4.78, 5) is 37.6. The van der Waals surface area contributed by atoms with Crippen LogP contribution in [-0.4, -0.2) is 42.5 Å². The number of hydrogen-bond acceptors (Lipinski definition) is 7. The predicted molar refractivity (Wildman–Crippen MR) is 112 cm³/mol. The molecule has 2 aromatic rings. The van der Waals surface area contributed by atoms with Crippen LogP contribution in [0.25, 0.3) is 6.08 Å². The summed E-state index contributed by atoms with van der Waals surface area (Å²) in [7, 11) is 2.93. The van der Waals surface area contributed by atoms with E-state index in [1.54, 1.807) is 48.5 Å². The van der Waals surface area contributed by atoms with Gasteiger partial charge in [-0.25, -0.2) is 9.69 Å². The summed E-state index contributed by atoms with van der Waals surface area (Å²) >= 11 is 0.825. The van der Waals surface area contributed by atoms with Gasteiger partial charge in [-0.15, -0.1) is 0 Å². The molecule has 0 aliphatic carbocycles. The van der Waals surface area contributed by atoms with E-state index in [9.17, 15) is 14.4 Å². The van der Waals surface area contributed by atoms with Gasteiger partial charge in [0.05, 0.1) is 24.8 Å². The molecule has 0 radical (unpaired) electrons. The minimum absolute atomic E-state index is 0.248. The maximum atomic E-state index is 12.8. The molecule has 3 rings (SSSR count). The van der Waals surface area contributed by atoms with Crippen molar-refractivity contribution in [2.75, 3.05) is 19.1 Å². The van der Waals surface area contributed by atoms with Gasteiger partial charge in [0.25, 0.3) is 11.1 Å². The summed E-state index contributed by atoms with van der Waals surface area (Å²) in [6.07, 6.45) is 0.516. The number of amides is 2. The smallest absolute Gasteiger partial charge is 0.344 e. The zero-order chi connectivity index (χ0) is 21.8. The minimum atomic E-state index is -1.10. The maximum Gasteiger partial charge on any atom is 0.344 e. The highest BCUT2D eigenvalue weighted by molar-refractivity contribution is 8.19. The number of thioether (sulfide) groups is 1. The highest BCUT2D eigenvalue weighted by Crippen LogP contribution is 2.37. The van der Waals surface area contributed by atoms with Crippen LogP contribution in [0.15, 0.2) is 47.4 Å². The first kappa shape index (κ1) is 21.3. The molecule has 1 aliphatic heterocycles. The van der Waals surface area contributed by atoms with Crippen LogP contribution < -0.4 is 19.1 Å². The molecule has 8 nitrogen and oxygen atoms in total. The van der Waals surface area contributed by atoms with Gasteiger partial charge < -0.3 is 19.3 Å². The second kappa shape index (κ2) is 8.91. The standard InChI is InChI=1S/C21H19NO7S/c1-12(20(24)25)29-16-8-7-13(9-17(16)28-3)10-18-19(23)22(21(26)30-18)14-5-4-6-15(11-14)27-2/h4-12H,1-3H3,(H,24,25)/b18-10+. The van der Waals surface area contributed by atoms with Gasteiger partial charge in [0, 0.05) is 6.07 Å². The molecule has 156 valence electrons. The van der Waals surface area contributed by atoms with Crippen molar-refractivity contribution in [3.8, 4) is 17.2 Å². The van der Waals surface area contributed by atoms with Gasteiger partial charge in [-0.05, 0) is 54.6 Å². The Kier molecular flexibility index (Phi) is 6.31. The van der Waals surface area contributed by atoms with E-state index in [0.29, 0.717) is 22.7 Å². The topological polar surface area (TPSA) is 102 Å². The quantitative estimate of drug-likeness (QED) is 0.663. The second-order valence-electron chi connectivity index (χ2n) is 6.23. The molecular weight excluding hydrogens is 410 g/mol. The van der Waals surface area contributed by atoms with Gasteiger partial charge in [-0.3, -0.25) is 9.59 Å². The molecule has 0 bridgehead atoms. The number of carboxylic acid groups (broad SMARTS) is 1. The number of carbonyl (C=O) groups is 3. The molecule has 1 unspecified atom stereocenters. The molecule has 1 heterocycles. The average Bonchev–Trinajstić information content (AvgIpc) is 3.01. The number of carbonyl (C=O) groups excluding carboxylic acids is 2. The van der Waals surface area contributed by atoms with Crippen molar-refractivity contribution in [1.82, 2.24) is 0 Å². The highest BCUT2D eigenvalue weighted by atomic mass is 32.2. The lowest BCUT2D eigenvalue weighted by Crippen LogP contribution is -2.27. The van der Waals surface area contributed by atoms with Gasteiger partial charge in [0.1, 0.15) is 5.75 Å². The number of anilines is 1. The van der Waals surface area contributed by atoms with Crippen molar-refractivity contribution in [2.24, 2.45) is 0 Å². The lowest BCUT2D eigenvalue weighted by Gasteiger charge is -2.14. The predicted octanol–water partition coefficient (Wildman–Crippen LogP) is 3.80. The summed E-state index contributed by atoms with van der Waals surface area (Å²) < 4.78 is 15.8. The fraction of sp³-hybridized carbons (Fsp3) is 0.190. The number of imide groups is 1. The third-order valence-electron chi connectivity index (χ3n) is 4.24. The van der Waals surface area contributed by atoms with Gasteiger partial charge in [0.2, 0.25) is 0 Å². The van der Waals surface area contributed by atoms with E-state index in [0.717, 1.165) is 16.7 Å². The first-order valence-corrected chi connectivity index (χ1v) is 9.65. The van der Waals surface area contributed by atoms with Gasteiger partial charge in [-0.1, -0.05) is 12.1 Å². The Hall–Kier alpha value is -3.46. The molecule has 30 heavy (non-hydrogen) atoms. The van der Waals surface area contributed by atoms with Crippen LogP contribution >= 0.6 is 11.8 Å². The molecule has 9 heteroatoms. The largest absolute Gasteiger partial charge is 0.497 e. The Labute approximate surface area is 177 Å². The van der Waals surface area contributed by atoms with Crippen molar-refractivity contribution in [3.63, 3.8) is 0 Å². The Morgan fingerprint density at radius 2 is 1.87 bits per heavy atom. The molecule has 1 atom stereocenters. The van der Waals surface area contributed by atoms with Gasteiger partial charge in [-0.2, -0.15) is 0 Å². The van der Waals surface area contributed by atoms with E-state index in [2.05, 4.69) is 0 Å². The maximum absolute atomic E-state index is 12.8. The zero-order valence-electron chi connectivity index (χ0n) is 16.4. The van der Waals surface area contributed by atoms with Crippen LogP contribution in [0, 0.1) is 0 Å². The molecule has 2 amide bonds. The lowest BCUT2D eigenvalue weighted by atomic mass is 10.1. The molecular formula is C21H19NO7S. The minimum Gasteiger partial charge on any atom is -0.497 e. The Morgan fingerprint density at radius 1 is 1.10 bits per heavy atom. The Bertz CT molecular complexity index is 1030. The fourth-order valence-electron chi connectivity index (χ4n) is 2.70. The summed E-state index contributed by atoms with van der Waals surface area (Å²) in [6.45, 7) is 1.41. The number of nitrogens with zero attached hydrogens (tertiary/aromatic N) is 1. The number of methoxy groups -OCH3 is 2. The Morgan fingerprint density at radius 3 is 2.53 bits per heavy atom. The third-order valence-corrected chi connectivity index (χ3v) is 5.11. The number of carboxylic acids is 1. The van der Waals surface area contributed by atoms with Crippen molar-refractivity contribution in [1.29, 1.82) is 0 Å². The zero-order valence-corrected chi connectivity index (χ0v) is 17.3. The van der Waals surface area contributed by atoms with Gasteiger partial charge >= 0.3 is 5.97 Å². The van der Waals surface area contributed by atoms with E-state index < -0.39 is 23.2 Å². The fourth-order valence-corrected chi connectivity index (χ4v) is 3.54. The van der Waals surface area contributed by atoms with E-state index in [1.165, 1.54) is 21.1 Å². The number of rotatable bonds is 7. The lowest BCUT2D eigenvalue weighted by molar-refractivity contribution is -0.144. The number of benzene rings is 2. The van der Waals surface area contributed by atoms with Crippen LogP contribution in [0.3, 0.4) is 0 Å². The number of ether oxygens (including phenoxy) is 3. The summed E-state index contributed by atoms with van der Waals surface area (Å²) in [5, 5.41) is 8.58. The third kappa shape index (κ3) is 4.41. The molecule has 0 spiro atoms. The SMILES string of the molecule is COc1cccc(N2C(=O)S/C(=C/c3ccc(OC(C)C(=O)O)c(OC)c3)C2=O)c1. The van der Waals surface area contributed by atoms with E-state index in [1.807, 2.05) is 0 Å². The van der Waals surface area contributed by atoms with Crippen LogP contribution in [0.4, 0.5) is 10.5 Å². The van der Waals surface area contributed by atoms with E-state index >= 15 is 0 Å². The van der Waals surface area contributed by atoms with Crippen molar-refractivity contribution < 1.29 is 33.7 Å². The molecule has 2 aromatic carbocycles. The summed E-state index contributed by atoms with van der Waals surface area (Å²) in [6, 6.07) is 11.5. The normalized spacial score (nSPS) is 16.0. The van der Waals surface area contributed by atoms with Crippen molar-refractivity contribution in [2.45, 2.75) is 13.0 Å². The molecule has 1 N–H and O–H groups in total. The second-order valence-corrected chi connectivity index (χ2v) is 7.22. The molecule has 1 fully saturated rings. The Balaban J connectivity index is 1.87. The first-order chi connectivity index (χ1) is 14.3. The van der Waals surface area contributed by atoms with Crippen molar-refractivity contribution >= 4 is 40.6 Å². The molecule has 1 saturated heterocycles. The van der Waals surface area contributed by atoms with E-state index in [4.69, 9.17) is 19.3 Å². The van der Waals surface area contributed by atoms with Crippen LogP contribution in [0.1, 0.15) is 12.5 Å². The van der Waals surface area contributed by atoms with E-state index in [-0.39, 0.29) is 10.7 Å². The van der Waals surface area contributed by atoms with Crippen LogP contribution in [0.2, 0.25) is 0 Å². The monoisotopic (exact) mass is 429 g/mol. The number of hydrogen-bond donors (Lipinski definition) is 1.